The second-order valence-electron chi connectivity index (χ2n) is 7.12. The second-order valence-corrected chi connectivity index (χ2v) is 7.12. The van der Waals surface area contributed by atoms with Gasteiger partial charge in [-0.15, -0.1) is 0 Å². The van der Waals surface area contributed by atoms with Gasteiger partial charge in [-0.05, 0) is 51.9 Å². The summed E-state index contributed by atoms with van der Waals surface area (Å²) in [5, 5.41) is 11.8. The predicted molar refractivity (Wildman–Crippen MR) is 109 cm³/mol. The van der Waals surface area contributed by atoms with Crippen LogP contribution in [0, 0.1) is 5.41 Å². The molecular weight excluding hydrogens is 340 g/mol. The number of benzene rings is 1. The van der Waals surface area contributed by atoms with Crippen LogP contribution in [0.3, 0.4) is 0 Å². The molecule has 1 saturated carbocycles. The number of nitrogens with two attached hydrogens (primary N) is 1. The molecule has 1 aromatic carbocycles. The minimum Gasteiger partial charge on any atom is -0.488 e. The molecule has 4 N–H and O–H groups in total. The van der Waals surface area contributed by atoms with E-state index < -0.39 is 0 Å². The standard InChI is InChI=1S/C20H28N6O/c1-4-26(10-9-23-3)18-12-17(24-13-25-18)19(22)15-11-14(5-6-16(15)21)27-20(2)7-8-20/h5-6,11-13,22-23H,4,7-10,21H2,1-3H3. The third kappa shape index (κ3) is 4.54. The first-order valence-electron chi connectivity index (χ1n) is 9.35. The molecule has 0 radical (unpaired) electrons. The van der Waals surface area contributed by atoms with Gasteiger partial charge in [0.1, 0.15) is 23.5 Å². The average Bonchev–Trinajstić information content (AvgIpc) is 3.40. The van der Waals surface area contributed by atoms with Crippen molar-refractivity contribution in [3.63, 3.8) is 0 Å². The van der Waals surface area contributed by atoms with E-state index in [2.05, 4.69) is 34.0 Å². The maximum Gasteiger partial charge on any atom is 0.132 e. The quantitative estimate of drug-likeness (QED) is 0.464. The van der Waals surface area contributed by atoms with Gasteiger partial charge in [-0.2, -0.15) is 0 Å². The Morgan fingerprint density at radius 2 is 2.11 bits per heavy atom. The maximum absolute atomic E-state index is 8.63. The van der Waals surface area contributed by atoms with Gasteiger partial charge in [-0.3, -0.25) is 5.41 Å². The number of hydrogen-bond donors (Lipinski definition) is 3. The number of ether oxygens (including phenoxy) is 1. The summed E-state index contributed by atoms with van der Waals surface area (Å²) in [5.41, 5.74) is 8.04. The van der Waals surface area contributed by atoms with Gasteiger partial charge in [-0.25, -0.2) is 9.97 Å². The van der Waals surface area contributed by atoms with Crippen molar-refractivity contribution in [1.82, 2.24) is 15.3 Å². The molecule has 7 heteroatoms. The van der Waals surface area contributed by atoms with Gasteiger partial charge in [0.15, 0.2) is 0 Å². The number of rotatable bonds is 9. The SMILES string of the molecule is CCN(CCNC)c1cc(C(=N)c2cc(OC3(C)CC3)ccc2N)ncn1. The second kappa shape index (κ2) is 7.92. The minimum absolute atomic E-state index is 0.0768. The van der Waals surface area contributed by atoms with Crippen LogP contribution in [0.4, 0.5) is 11.5 Å². The molecule has 1 aromatic heterocycles. The number of hydrogen-bond acceptors (Lipinski definition) is 7. The molecule has 144 valence electrons. The van der Waals surface area contributed by atoms with Gasteiger partial charge in [0.25, 0.3) is 0 Å². The summed E-state index contributed by atoms with van der Waals surface area (Å²) >= 11 is 0. The van der Waals surface area contributed by atoms with Crippen LogP contribution >= 0.6 is 0 Å². The average molecular weight is 368 g/mol. The van der Waals surface area contributed by atoms with Gasteiger partial charge >= 0.3 is 0 Å². The molecule has 0 atom stereocenters. The van der Waals surface area contributed by atoms with Gasteiger partial charge < -0.3 is 20.7 Å². The normalized spacial score (nSPS) is 14.6. The summed E-state index contributed by atoms with van der Waals surface area (Å²) in [6, 6.07) is 7.33. The molecule has 0 saturated heterocycles. The molecule has 0 spiro atoms. The zero-order valence-electron chi connectivity index (χ0n) is 16.2. The molecule has 1 fully saturated rings. The van der Waals surface area contributed by atoms with Crippen molar-refractivity contribution < 1.29 is 4.74 Å². The monoisotopic (exact) mass is 368 g/mol. The molecule has 1 heterocycles. The number of aromatic nitrogens is 2. The Balaban J connectivity index is 1.85. The Morgan fingerprint density at radius 3 is 2.78 bits per heavy atom. The van der Waals surface area contributed by atoms with Gasteiger partial charge in [0.2, 0.25) is 0 Å². The first kappa shape index (κ1) is 19.1. The van der Waals surface area contributed by atoms with E-state index in [0.29, 0.717) is 16.9 Å². The zero-order valence-corrected chi connectivity index (χ0v) is 16.2. The van der Waals surface area contributed by atoms with Gasteiger partial charge in [0.05, 0.1) is 11.4 Å². The lowest BCUT2D eigenvalue weighted by atomic mass is 10.0. The van der Waals surface area contributed by atoms with E-state index in [9.17, 15) is 0 Å². The van der Waals surface area contributed by atoms with Crippen LogP contribution in [-0.4, -0.2) is 48.0 Å². The third-order valence-electron chi connectivity index (χ3n) is 4.86. The lowest BCUT2D eigenvalue weighted by molar-refractivity contribution is 0.200. The molecule has 0 amide bonds. The molecule has 0 aliphatic heterocycles. The summed E-state index contributed by atoms with van der Waals surface area (Å²) in [5.74, 6) is 1.54. The van der Waals surface area contributed by atoms with Crippen LogP contribution in [0.1, 0.15) is 37.9 Å². The third-order valence-corrected chi connectivity index (χ3v) is 4.86. The molecular formula is C20H28N6O. The largest absolute Gasteiger partial charge is 0.488 e. The molecule has 2 aromatic rings. The highest BCUT2D eigenvalue weighted by molar-refractivity contribution is 6.13. The Labute approximate surface area is 160 Å². The van der Waals surface area contributed by atoms with E-state index in [1.165, 1.54) is 6.33 Å². The topological polar surface area (TPSA) is 100 Å². The van der Waals surface area contributed by atoms with E-state index in [1.807, 2.05) is 25.2 Å². The van der Waals surface area contributed by atoms with Crippen molar-refractivity contribution in [3.05, 3.63) is 41.9 Å². The molecule has 3 rings (SSSR count). The summed E-state index contributed by atoms with van der Waals surface area (Å²) in [4.78, 5) is 10.8. The highest BCUT2D eigenvalue weighted by Crippen LogP contribution is 2.40. The van der Waals surface area contributed by atoms with E-state index >= 15 is 0 Å². The van der Waals surface area contributed by atoms with Crippen LogP contribution in [0.5, 0.6) is 5.75 Å². The molecule has 0 bridgehead atoms. The predicted octanol–water partition coefficient (Wildman–Crippen LogP) is 2.45. The van der Waals surface area contributed by atoms with Crippen molar-refractivity contribution in [1.29, 1.82) is 5.41 Å². The number of anilines is 2. The van der Waals surface area contributed by atoms with Crippen LogP contribution < -0.4 is 20.7 Å². The number of nitrogen functional groups attached to an aromatic ring is 1. The zero-order chi connectivity index (χ0) is 19.4. The maximum atomic E-state index is 8.63. The molecule has 0 unspecified atom stereocenters. The summed E-state index contributed by atoms with van der Waals surface area (Å²) in [6.07, 6.45) is 3.61. The first-order valence-corrected chi connectivity index (χ1v) is 9.35. The van der Waals surface area contributed by atoms with E-state index in [1.54, 1.807) is 6.07 Å². The van der Waals surface area contributed by atoms with E-state index in [4.69, 9.17) is 15.9 Å². The molecule has 7 nitrogen and oxygen atoms in total. The smallest absolute Gasteiger partial charge is 0.132 e. The highest BCUT2D eigenvalue weighted by atomic mass is 16.5. The first-order chi connectivity index (χ1) is 13.0. The van der Waals surface area contributed by atoms with Crippen molar-refractivity contribution >= 4 is 17.2 Å². The van der Waals surface area contributed by atoms with Crippen molar-refractivity contribution in [3.8, 4) is 5.75 Å². The van der Waals surface area contributed by atoms with Crippen molar-refractivity contribution in [2.24, 2.45) is 0 Å². The fraction of sp³-hybridized carbons (Fsp3) is 0.450. The van der Waals surface area contributed by atoms with Crippen LogP contribution in [0.25, 0.3) is 0 Å². The molecule has 27 heavy (non-hydrogen) atoms. The Morgan fingerprint density at radius 1 is 1.33 bits per heavy atom. The summed E-state index contributed by atoms with van der Waals surface area (Å²) in [6.45, 7) is 6.70. The highest BCUT2D eigenvalue weighted by Gasteiger charge is 2.40. The van der Waals surface area contributed by atoms with E-state index in [-0.39, 0.29) is 11.3 Å². The number of nitrogens with one attached hydrogen (secondary N) is 2. The van der Waals surface area contributed by atoms with Gasteiger partial charge in [0, 0.05) is 37.0 Å². The number of nitrogens with zero attached hydrogens (tertiary/aromatic N) is 3. The Kier molecular flexibility index (Phi) is 5.60. The van der Waals surface area contributed by atoms with Crippen molar-refractivity contribution in [2.75, 3.05) is 37.3 Å². The van der Waals surface area contributed by atoms with Gasteiger partial charge in [-0.1, -0.05) is 0 Å². The Bertz CT molecular complexity index is 818. The molecule has 1 aliphatic carbocycles. The Hall–Kier alpha value is -2.67. The van der Waals surface area contributed by atoms with Crippen LogP contribution in [0.15, 0.2) is 30.6 Å². The lowest BCUT2D eigenvalue weighted by Crippen LogP contribution is -2.31. The van der Waals surface area contributed by atoms with Crippen molar-refractivity contribution in [2.45, 2.75) is 32.3 Å². The van der Waals surface area contributed by atoms with E-state index in [0.717, 1.165) is 44.0 Å². The number of likely N-dealkylation sites (N-methyl/N-ethyl adjacent to an activating group) is 2. The molecule has 1 aliphatic rings. The lowest BCUT2D eigenvalue weighted by Gasteiger charge is -2.22. The minimum atomic E-state index is -0.0768. The fourth-order valence-electron chi connectivity index (χ4n) is 2.85. The summed E-state index contributed by atoms with van der Waals surface area (Å²) < 4.78 is 6.02. The fourth-order valence-corrected chi connectivity index (χ4v) is 2.85. The van der Waals surface area contributed by atoms with Crippen LogP contribution in [-0.2, 0) is 0 Å². The van der Waals surface area contributed by atoms with Crippen LogP contribution in [0.2, 0.25) is 0 Å². The summed E-state index contributed by atoms with van der Waals surface area (Å²) in [7, 11) is 1.93.